The van der Waals surface area contributed by atoms with Crippen LogP contribution in [0.3, 0.4) is 0 Å². The van der Waals surface area contributed by atoms with Crippen LogP contribution in [0.2, 0.25) is 0 Å². The molecule has 0 aromatic heterocycles. The van der Waals surface area contributed by atoms with Crippen molar-refractivity contribution in [2.45, 2.75) is 18.3 Å². The number of benzene rings is 1. The average molecular weight is 393 g/mol. The maximum Gasteiger partial charge on any atom is 0.166 e. The van der Waals surface area contributed by atoms with Gasteiger partial charge in [-0.1, -0.05) is 35.0 Å². The van der Waals surface area contributed by atoms with Gasteiger partial charge in [-0.25, -0.2) is 8.42 Å². The lowest BCUT2D eigenvalue weighted by molar-refractivity contribution is 0.197. The molecule has 2 atom stereocenters. The summed E-state index contributed by atoms with van der Waals surface area (Å²) in [4.78, 5) is 2.07. The van der Waals surface area contributed by atoms with Gasteiger partial charge in [0.25, 0.3) is 0 Å². The van der Waals surface area contributed by atoms with E-state index in [2.05, 4.69) is 20.8 Å². The molecule has 0 bridgehead atoms. The number of rotatable bonds is 5. The maximum absolute atomic E-state index is 12.4. The fourth-order valence-electron chi connectivity index (χ4n) is 2.60. The molecule has 1 fully saturated rings. The second kappa shape index (κ2) is 7.46. The van der Waals surface area contributed by atoms with Crippen molar-refractivity contribution in [1.82, 2.24) is 4.90 Å². The number of hydrogen-bond acceptors (Lipinski definition) is 5. The highest BCUT2D eigenvalue weighted by Crippen LogP contribution is 2.30. The number of nitrogens with zero attached hydrogens (tertiary/aromatic N) is 1. The normalized spacial score (nSPS) is 22.1. The van der Waals surface area contributed by atoms with Gasteiger partial charge >= 0.3 is 0 Å². The predicted octanol–water partition coefficient (Wildman–Crippen LogP) is 2.26. The molecule has 1 heterocycles. The van der Waals surface area contributed by atoms with Crippen molar-refractivity contribution in [2.75, 3.05) is 30.3 Å². The second-order valence-corrected chi connectivity index (χ2v) is 9.53. The lowest BCUT2D eigenvalue weighted by atomic mass is 10.1. The molecular weight excluding hydrogens is 372 g/mol. The lowest BCUT2D eigenvalue weighted by Gasteiger charge is -2.40. The molecule has 2 rings (SSSR count). The Morgan fingerprint density at radius 3 is 2.67 bits per heavy atom. The molecule has 1 saturated heterocycles. The topological polar surface area (TPSA) is 63.4 Å². The van der Waals surface area contributed by atoms with E-state index in [9.17, 15) is 8.42 Å². The van der Waals surface area contributed by atoms with Crippen molar-refractivity contribution in [3.05, 3.63) is 34.3 Å². The van der Waals surface area contributed by atoms with Gasteiger partial charge in [0.15, 0.2) is 9.84 Å². The van der Waals surface area contributed by atoms with Crippen LogP contribution in [0.25, 0.3) is 0 Å². The molecular formula is C14H21BrN2O2S2. The Bertz CT molecular complexity index is 563. The summed E-state index contributed by atoms with van der Waals surface area (Å²) in [7, 11) is -3.10. The molecule has 0 spiro atoms. The zero-order chi connectivity index (χ0) is 15.5. The number of nitrogens with two attached hydrogens (primary N) is 1. The van der Waals surface area contributed by atoms with Gasteiger partial charge in [-0.2, -0.15) is 11.8 Å². The molecule has 2 N–H and O–H groups in total. The lowest BCUT2D eigenvalue weighted by Crippen LogP contribution is -2.50. The second-order valence-electron chi connectivity index (χ2n) is 5.02. The van der Waals surface area contributed by atoms with Crippen LogP contribution in [0.4, 0.5) is 0 Å². The average Bonchev–Trinajstić information content (AvgIpc) is 2.50. The van der Waals surface area contributed by atoms with E-state index in [1.807, 2.05) is 24.3 Å². The van der Waals surface area contributed by atoms with E-state index in [0.717, 1.165) is 22.3 Å². The van der Waals surface area contributed by atoms with Gasteiger partial charge in [0.05, 0.1) is 0 Å². The smallest absolute Gasteiger partial charge is 0.166 e. The molecule has 118 valence electrons. The van der Waals surface area contributed by atoms with Gasteiger partial charge in [0.2, 0.25) is 0 Å². The first-order valence-corrected chi connectivity index (χ1v) is 10.7. The molecule has 1 aromatic rings. The Morgan fingerprint density at radius 2 is 2.10 bits per heavy atom. The Labute approximate surface area is 139 Å². The largest absolute Gasteiger partial charge is 0.329 e. The van der Waals surface area contributed by atoms with Crippen LogP contribution in [-0.4, -0.2) is 49.0 Å². The molecule has 7 heteroatoms. The van der Waals surface area contributed by atoms with E-state index in [-0.39, 0.29) is 11.8 Å². The standard InChI is InChI=1S/C14H21BrN2O2S2/c1-2-21(18,19)14-10-20-8-7-17(14)13(9-16)11-3-5-12(15)6-4-11/h3-6,13-14H,2,7-10,16H2,1H3. The Kier molecular flexibility index (Phi) is 6.14. The number of thioether (sulfide) groups is 1. The molecule has 0 amide bonds. The van der Waals surface area contributed by atoms with Crippen molar-refractivity contribution in [3.8, 4) is 0 Å². The highest BCUT2D eigenvalue weighted by molar-refractivity contribution is 9.10. The van der Waals surface area contributed by atoms with E-state index in [4.69, 9.17) is 5.73 Å². The zero-order valence-electron chi connectivity index (χ0n) is 12.0. The summed E-state index contributed by atoms with van der Waals surface area (Å²) in [6.45, 7) is 2.89. The zero-order valence-corrected chi connectivity index (χ0v) is 15.3. The van der Waals surface area contributed by atoms with Gasteiger partial charge in [0, 0.05) is 40.9 Å². The predicted molar refractivity (Wildman–Crippen MR) is 93.2 cm³/mol. The fraction of sp³-hybridized carbons (Fsp3) is 0.571. The number of sulfone groups is 1. The quantitative estimate of drug-likeness (QED) is 0.832. The highest BCUT2D eigenvalue weighted by atomic mass is 79.9. The van der Waals surface area contributed by atoms with Crippen molar-refractivity contribution in [2.24, 2.45) is 5.73 Å². The van der Waals surface area contributed by atoms with E-state index >= 15 is 0 Å². The minimum absolute atomic E-state index is 0.0506. The first-order chi connectivity index (χ1) is 9.99. The monoisotopic (exact) mass is 392 g/mol. The van der Waals surface area contributed by atoms with Crippen LogP contribution in [0.15, 0.2) is 28.7 Å². The Balaban J connectivity index is 2.32. The first kappa shape index (κ1) is 17.3. The molecule has 0 aliphatic carbocycles. The molecule has 0 radical (unpaired) electrons. The summed E-state index contributed by atoms with van der Waals surface area (Å²) in [5, 5.41) is -0.432. The van der Waals surface area contributed by atoms with Crippen LogP contribution < -0.4 is 5.73 Å². The van der Waals surface area contributed by atoms with E-state index < -0.39 is 15.2 Å². The van der Waals surface area contributed by atoms with Gasteiger partial charge in [-0.15, -0.1) is 0 Å². The van der Waals surface area contributed by atoms with Gasteiger partial charge in [-0.05, 0) is 17.7 Å². The van der Waals surface area contributed by atoms with E-state index in [1.54, 1.807) is 18.7 Å². The third kappa shape index (κ3) is 4.01. The molecule has 1 aromatic carbocycles. The molecule has 4 nitrogen and oxygen atoms in total. The summed E-state index contributed by atoms with van der Waals surface area (Å²) in [6, 6.07) is 7.92. The third-order valence-electron chi connectivity index (χ3n) is 3.82. The number of hydrogen-bond donors (Lipinski definition) is 1. The highest BCUT2D eigenvalue weighted by Gasteiger charge is 2.36. The summed E-state index contributed by atoms with van der Waals surface area (Å²) in [5.41, 5.74) is 7.04. The molecule has 1 aliphatic heterocycles. The summed E-state index contributed by atoms with van der Waals surface area (Å²) >= 11 is 5.13. The summed E-state index contributed by atoms with van der Waals surface area (Å²) in [6.07, 6.45) is 0. The van der Waals surface area contributed by atoms with Crippen LogP contribution in [0, 0.1) is 0 Å². The Hall–Kier alpha value is -0.0800. The van der Waals surface area contributed by atoms with Crippen molar-refractivity contribution >= 4 is 37.5 Å². The minimum atomic E-state index is -3.10. The number of halogens is 1. The van der Waals surface area contributed by atoms with E-state index in [1.165, 1.54) is 0 Å². The molecule has 21 heavy (non-hydrogen) atoms. The van der Waals surface area contributed by atoms with Gasteiger partial charge < -0.3 is 5.73 Å². The molecule has 1 aliphatic rings. The first-order valence-electron chi connectivity index (χ1n) is 7.00. The molecule has 2 unspecified atom stereocenters. The maximum atomic E-state index is 12.4. The summed E-state index contributed by atoms with van der Waals surface area (Å²) < 4.78 is 25.7. The van der Waals surface area contributed by atoms with Crippen LogP contribution in [0.1, 0.15) is 18.5 Å². The molecule has 0 saturated carbocycles. The van der Waals surface area contributed by atoms with Crippen LogP contribution in [-0.2, 0) is 9.84 Å². The fourth-order valence-corrected chi connectivity index (χ4v) is 5.93. The van der Waals surface area contributed by atoms with Crippen LogP contribution in [0.5, 0.6) is 0 Å². The van der Waals surface area contributed by atoms with Crippen molar-refractivity contribution in [1.29, 1.82) is 0 Å². The van der Waals surface area contributed by atoms with Crippen molar-refractivity contribution in [3.63, 3.8) is 0 Å². The van der Waals surface area contributed by atoms with Crippen LogP contribution >= 0.6 is 27.7 Å². The Morgan fingerprint density at radius 1 is 1.43 bits per heavy atom. The summed E-state index contributed by atoms with van der Waals surface area (Å²) in [5.74, 6) is 1.75. The van der Waals surface area contributed by atoms with Gasteiger partial charge in [0.1, 0.15) is 5.37 Å². The third-order valence-corrected chi connectivity index (χ3v) is 7.65. The van der Waals surface area contributed by atoms with Gasteiger partial charge in [-0.3, -0.25) is 4.90 Å². The SMILES string of the molecule is CCS(=O)(=O)C1CSCCN1C(CN)c1ccc(Br)cc1. The minimum Gasteiger partial charge on any atom is -0.329 e. The van der Waals surface area contributed by atoms with Crippen molar-refractivity contribution < 1.29 is 8.42 Å². The van der Waals surface area contributed by atoms with E-state index in [0.29, 0.717) is 12.3 Å².